The lowest BCUT2D eigenvalue weighted by Crippen LogP contribution is -2.25. The van der Waals surface area contributed by atoms with Gasteiger partial charge < -0.3 is 5.73 Å². The fraction of sp³-hybridized carbons (Fsp3) is 0.419. The first-order chi connectivity index (χ1) is 17.5. The average Bonchev–Trinajstić information content (AvgIpc) is 2.93. The van der Waals surface area contributed by atoms with Crippen molar-refractivity contribution >= 4 is 31.5 Å². The fourth-order valence-electron chi connectivity index (χ4n) is 2.92. The van der Waals surface area contributed by atoms with Crippen molar-refractivity contribution in [1.29, 1.82) is 0 Å². The number of allylic oxidation sites excluding steroid dienone is 3. The predicted molar refractivity (Wildman–Crippen MR) is 169 cm³/mol. The second-order valence-corrected chi connectivity index (χ2v) is 10.1. The van der Waals surface area contributed by atoms with E-state index in [2.05, 4.69) is 110 Å². The number of unbranched alkanes of at least 4 members (excludes halogenated alkanes) is 1. The van der Waals surface area contributed by atoms with Crippen molar-refractivity contribution < 1.29 is 0 Å². The lowest BCUT2D eigenvalue weighted by atomic mass is 10.1. The highest BCUT2D eigenvalue weighted by atomic mass is 31.1. The maximum Gasteiger partial charge on any atom is 0.142 e. The number of nitrogens with zero attached hydrogens (tertiary/aromatic N) is 3. The standard InChI is InChI=1S/C20H29N3.C8H11P.C2H6.CH5N/c1-5-7-9-12-16-23(4)17-20(21-3)22-19-15-11-10-14-18(19)13-8-6-2;1-9(2)8-6-4-3-5-7-8;2*1-2/h5,7,9-12,14-15H,3,6,8,13,16-17H2,1-2,4H3;3-7H,1-2H3;1-2H3;2H2,1H3/b7-5-,12-9+,22-20?;;;. The molecule has 0 unspecified atom stereocenters. The van der Waals surface area contributed by atoms with Crippen molar-refractivity contribution in [2.24, 2.45) is 15.7 Å². The largest absolute Gasteiger partial charge is 0.333 e. The minimum atomic E-state index is 0.104. The van der Waals surface area contributed by atoms with Gasteiger partial charge in [-0.3, -0.25) is 4.90 Å². The molecule has 0 aromatic heterocycles. The normalized spacial score (nSPS) is 10.9. The van der Waals surface area contributed by atoms with E-state index in [9.17, 15) is 0 Å². The van der Waals surface area contributed by atoms with Crippen LogP contribution in [0.5, 0.6) is 0 Å². The van der Waals surface area contributed by atoms with E-state index in [1.165, 1.54) is 30.8 Å². The number of nitrogens with two attached hydrogens (primary N) is 1. The molecule has 0 aliphatic rings. The molecule has 0 amide bonds. The molecular weight excluding hydrogens is 459 g/mol. The quantitative estimate of drug-likeness (QED) is 0.156. The third-order valence-corrected chi connectivity index (χ3v) is 6.09. The number of hydrogen-bond acceptors (Lipinski definition) is 3. The Labute approximate surface area is 223 Å². The van der Waals surface area contributed by atoms with Gasteiger partial charge in [-0.15, -0.1) is 0 Å². The van der Waals surface area contributed by atoms with E-state index < -0.39 is 0 Å². The van der Waals surface area contributed by atoms with Crippen LogP contribution in [-0.2, 0) is 6.42 Å². The Hall–Kier alpha value is -2.39. The summed E-state index contributed by atoms with van der Waals surface area (Å²) < 4.78 is 0. The first kappa shape index (κ1) is 35.8. The average molecular weight is 511 g/mol. The number of para-hydroxylation sites is 1. The maximum absolute atomic E-state index is 4.72. The van der Waals surface area contributed by atoms with Gasteiger partial charge in [0.25, 0.3) is 0 Å². The second kappa shape index (κ2) is 25.7. The highest BCUT2D eigenvalue weighted by molar-refractivity contribution is 7.64. The second-order valence-electron chi connectivity index (χ2n) is 7.80. The number of hydrogen-bond donors (Lipinski definition) is 1. The SMILES string of the molecule is C=NC(CN(C)C/C=C/C=C\C)=Nc1ccccc1CCCC.CC.CN.CP(C)c1ccccc1. The van der Waals surface area contributed by atoms with E-state index in [-0.39, 0.29) is 7.92 Å². The Kier molecular flexibility index (Phi) is 25.5. The Morgan fingerprint density at radius 2 is 1.61 bits per heavy atom. The Morgan fingerprint density at radius 1 is 1.00 bits per heavy atom. The molecule has 0 aliphatic carbocycles. The summed E-state index contributed by atoms with van der Waals surface area (Å²) in [7, 11) is 3.66. The van der Waals surface area contributed by atoms with E-state index >= 15 is 0 Å². The van der Waals surface area contributed by atoms with Gasteiger partial charge >= 0.3 is 0 Å². The number of aliphatic imine (C=N–C) groups is 2. The molecular formula is C31H51N4P. The van der Waals surface area contributed by atoms with Crippen molar-refractivity contribution in [3.8, 4) is 0 Å². The van der Waals surface area contributed by atoms with Gasteiger partial charge in [0.15, 0.2) is 0 Å². The molecule has 36 heavy (non-hydrogen) atoms. The predicted octanol–water partition coefficient (Wildman–Crippen LogP) is 7.48. The summed E-state index contributed by atoms with van der Waals surface area (Å²) in [6.45, 7) is 18.0. The molecule has 0 fully saturated rings. The molecule has 0 atom stereocenters. The van der Waals surface area contributed by atoms with Gasteiger partial charge in [0.1, 0.15) is 5.84 Å². The molecule has 0 spiro atoms. The van der Waals surface area contributed by atoms with Gasteiger partial charge in [-0.05, 0) is 70.8 Å². The number of likely N-dealkylation sites (N-methyl/N-ethyl adjacent to an activating group) is 1. The van der Waals surface area contributed by atoms with Crippen LogP contribution in [0.1, 0.15) is 46.1 Å². The van der Waals surface area contributed by atoms with Gasteiger partial charge in [-0.2, -0.15) is 0 Å². The summed E-state index contributed by atoms with van der Waals surface area (Å²) in [6, 6.07) is 18.9. The minimum absolute atomic E-state index is 0.104. The van der Waals surface area contributed by atoms with Crippen molar-refractivity contribution in [3.63, 3.8) is 0 Å². The van der Waals surface area contributed by atoms with Crippen LogP contribution in [0.15, 0.2) is 88.9 Å². The van der Waals surface area contributed by atoms with Gasteiger partial charge in [-0.1, -0.05) is 108 Å². The van der Waals surface area contributed by atoms with Crippen LogP contribution in [0.2, 0.25) is 0 Å². The van der Waals surface area contributed by atoms with Crippen LogP contribution in [0, 0.1) is 0 Å². The van der Waals surface area contributed by atoms with Gasteiger partial charge in [0.2, 0.25) is 0 Å². The molecule has 0 bridgehead atoms. The summed E-state index contributed by atoms with van der Waals surface area (Å²) in [5, 5.41) is 1.48. The molecule has 2 aromatic rings. The van der Waals surface area contributed by atoms with Crippen molar-refractivity contribution in [1.82, 2.24) is 4.90 Å². The Bertz CT molecular complexity index is 858. The Morgan fingerprint density at radius 3 is 2.14 bits per heavy atom. The maximum atomic E-state index is 4.72. The molecule has 0 saturated heterocycles. The molecule has 5 heteroatoms. The van der Waals surface area contributed by atoms with Crippen LogP contribution in [0.3, 0.4) is 0 Å². The van der Waals surface area contributed by atoms with Crippen LogP contribution in [0.25, 0.3) is 0 Å². The summed E-state index contributed by atoms with van der Waals surface area (Å²) >= 11 is 0. The molecule has 0 saturated carbocycles. The van der Waals surface area contributed by atoms with Gasteiger partial charge in [0, 0.05) is 6.54 Å². The zero-order chi connectivity index (χ0) is 27.6. The van der Waals surface area contributed by atoms with Gasteiger partial charge in [-0.25, -0.2) is 9.98 Å². The zero-order valence-electron chi connectivity index (χ0n) is 24.1. The first-order valence-electron chi connectivity index (χ1n) is 12.9. The van der Waals surface area contributed by atoms with E-state index in [1.54, 1.807) is 0 Å². The molecule has 0 heterocycles. The Balaban J connectivity index is 0. The van der Waals surface area contributed by atoms with Crippen LogP contribution in [0.4, 0.5) is 5.69 Å². The molecule has 0 radical (unpaired) electrons. The van der Waals surface area contributed by atoms with E-state index in [0.717, 1.165) is 24.5 Å². The number of rotatable bonds is 10. The summed E-state index contributed by atoms with van der Waals surface area (Å²) in [6.07, 6.45) is 11.6. The molecule has 2 rings (SSSR count). The van der Waals surface area contributed by atoms with E-state index in [4.69, 9.17) is 4.99 Å². The van der Waals surface area contributed by atoms with Crippen molar-refractivity contribution in [2.75, 3.05) is 40.5 Å². The van der Waals surface area contributed by atoms with Crippen LogP contribution in [-0.4, -0.2) is 58.0 Å². The van der Waals surface area contributed by atoms with E-state index in [0.29, 0.717) is 6.54 Å². The van der Waals surface area contributed by atoms with Crippen LogP contribution >= 0.6 is 7.92 Å². The number of aryl methyl sites for hydroxylation is 1. The minimum Gasteiger partial charge on any atom is -0.333 e. The number of amidine groups is 1. The third-order valence-electron chi connectivity index (χ3n) is 4.76. The highest BCUT2D eigenvalue weighted by Crippen LogP contribution is 2.22. The summed E-state index contributed by atoms with van der Waals surface area (Å²) in [5.41, 5.74) is 6.80. The molecule has 2 aromatic carbocycles. The lowest BCUT2D eigenvalue weighted by molar-refractivity contribution is 0.423. The number of benzene rings is 2. The van der Waals surface area contributed by atoms with Crippen molar-refractivity contribution in [3.05, 3.63) is 84.5 Å². The summed E-state index contributed by atoms with van der Waals surface area (Å²) in [5.74, 6) is 0.760. The lowest BCUT2D eigenvalue weighted by Gasteiger charge is -2.14. The van der Waals surface area contributed by atoms with Crippen molar-refractivity contribution in [2.45, 2.75) is 47.0 Å². The third kappa shape index (κ3) is 18.0. The zero-order valence-corrected chi connectivity index (χ0v) is 25.0. The smallest absolute Gasteiger partial charge is 0.142 e. The van der Waals surface area contributed by atoms with Crippen LogP contribution < -0.4 is 11.0 Å². The topological polar surface area (TPSA) is 54.0 Å². The van der Waals surface area contributed by atoms with E-state index in [1.807, 2.05) is 39.0 Å². The fourth-order valence-corrected chi connectivity index (χ4v) is 3.69. The molecule has 2 N–H and O–H groups in total. The molecule has 4 nitrogen and oxygen atoms in total. The molecule has 0 aliphatic heterocycles. The van der Waals surface area contributed by atoms with Gasteiger partial charge in [0.05, 0.1) is 12.2 Å². The molecule has 200 valence electrons. The monoisotopic (exact) mass is 510 g/mol. The first-order valence-corrected chi connectivity index (χ1v) is 15.1. The highest BCUT2D eigenvalue weighted by Gasteiger charge is 2.05. The summed E-state index contributed by atoms with van der Waals surface area (Å²) in [4.78, 5) is 11.0.